The molecule has 1 radical (unpaired) electrons. The van der Waals surface area contributed by atoms with Crippen molar-refractivity contribution >= 4 is 34.3 Å². The van der Waals surface area contributed by atoms with Crippen LogP contribution in [-0.4, -0.2) is 71.0 Å². The molecule has 167 valence electrons. The summed E-state index contributed by atoms with van der Waals surface area (Å²) < 4.78 is 0. The molecule has 0 fully saturated rings. The van der Waals surface area contributed by atoms with Gasteiger partial charge in [-0.2, -0.15) is 0 Å². The Bertz CT molecular complexity index is 424. The Kier molecular flexibility index (Phi) is 38.4. The van der Waals surface area contributed by atoms with Crippen molar-refractivity contribution in [3.05, 3.63) is 0 Å². The molecule has 27 heavy (non-hydrogen) atoms. The number of rotatable bonds is 3. The average molecular weight is 493 g/mol. The fourth-order valence-corrected chi connectivity index (χ4v) is 0.434. The molecule has 0 aromatic rings. The monoisotopic (exact) mass is 492 g/mol. The zero-order chi connectivity index (χ0) is 19.7. The van der Waals surface area contributed by atoms with E-state index < -0.39 is 0 Å². The number of hydrogen-bond acceptors (Lipinski definition) is 12. The van der Waals surface area contributed by atoms with Gasteiger partial charge >= 0.3 is 17.1 Å². The van der Waals surface area contributed by atoms with Gasteiger partial charge in [-0.15, -0.1) is 0 Å². The van der Waals surface area contributed by atoms with Crippen LogP contribution in [0.15, 0.2) is 30.9 Å². The fraction of sp³-hybridized carbons (Fsp3) is 0.500. The first-order valence-electron chi connectivity index (χ1n) is 6.29. The minimum absolute atomic E-state index is 0. The fourth-order valence-electron chi connectivity index (χ4n) is 0.434. The van der Waals surface area contributed by atoms with Crippen molar-refractivity contribution in [3.63, 3.8) is 0 Å². The maximum absolute atomic E-state index is 8.03. The summed E-state index contributed by atoms with van der Waals surface area (Å²) >= 11 is 0. The van der Waals surface area contributed by atoms with E-state index in [1.54, 1.807) is 0 Å². The SMILES string of the molecule is CC(=NO)C(C)=NO.CC(=NO)C(C)=NO.CC(=NO)C(C)=NO.O.[Cu+].[Cu]. The van der Waals surface area contributed by atoms with Gasteiger partial charge in [0.2, 0.25) is 0 Å². The molecule has 0 rings (SSSR count). The first-order valence-corrected chi connectivity index (χ1v) is 6.29. The summed E-state index contributed by atoms with van der Waals surface area (Å²) in [5.41, 5.74) is 1.88. The standard InChI is InChI=1S/3C4H8N2O2.2Cu.H2O/c3*1-3(5-7)4(2)6-8;;;/h3*7-8H,1-2H3;;;1H2/q;;;;+1;. The van der Waals surface area contributed by atoms with Crippen LogP contribution in [0.25, 0.3) is 0 Å². The van der Waals surface area contributed by atoms with E-state index >= 15 is 0 Å². The second-order valence-corrected chi connectivity index (χ2v) is 4.11. The molecule has 0 saturated heterocycles. The van der Waals surface area contributed by atoms with Crippen LogP contribution >= 0.6 is 0 Å². The molecule has 0 aliphatic heterocycles. The van der Waals surface area contributed by atoms with Crippen LogP contribution in [0.4, 0.5) is 0 Å². The van der Waals surface area contributed by atoms with Gasteiger partial charge in [-0.3, -0.25) is 0 Å². The van der Waals surface area contributed by atoms with Crippen molar-refractivity contribution in [2.75, 3.05) is 0 Å². The van der Waals surface area contributed by atoms with Gasteiger partial charge in [-0.1, -0.05) is 30.9 Å². The summed E-state index contributed by atoms with van der Waals surface area (Å²) in [5.74, 6) is 0. The van der Waals surface area contributed by atoms with Crippen molar-refractivity contribution in [3.8, 4) is 0 Å². The maximum atomic E-state index is 8.03. The summed E-state index contributed by atoms with van der Waals surface area (Å²) in [7, 11) is 0. The topological polar surface area (TPSA) is 227 Å². The Labute approximate surface area is 177 Å². The van der Waals surface area contributed by atoms with E-state index in [2.05, 4.69) is 30.9 Å². The summed E-state index contributed by atoms with van der Waals surface area (Å²) in [6.45, 7) is 9.22. The zero-order valence-electron chi connectivity index (χ0n) is 15.5. The Morgan fingerprint density at radius 3 is 0.519 bits per heavy atom. The van der Waals surface area contributed by atoms with E-state index in [4.69, 9.17) is 31.2 Å². The largest absolute Gasteiger partial charge is 1.00 e. The molecule has 0 amide bonds. The molecule has 0 aliphatic carbocycles. The summed E-state index contributed by atoms with van der Waals surface area (Å²) in [6, 6.07) is 0. The molecule has 0 unspecified atom stereocenters. The average Bonchev–Trinajstić information content (AvgIpc) is 2.64. The Balaban J connectivity index is -0.0000000580. The van der Waals surface area contributed by atoms with Crippen molar-refractivity contribution in [1.29, 1.82) is 0 Å². The third-order valence-corrected chi connectivity index (χ3v) is 2.47. The molecule has 0 saturated carbocycles. The van der Waals surface area contributed by atoms with Crippen LogP contribution < -0.4 is 0 Å². The Morgan fingerprint density at radius 2 is 0.481 bits per heavy atom. The predicted molar refractivity (Wildman–Crippen MR) is 93.0 cm³/mol. The molecule has 0 atom stereocenters. The summed E-state index contributed by atoms with van der Waals surface area (Å²) in [4.78, 5) is 0. The van der Waals surface area contributed by atoms with Crippen LogP contribution in [0.3, 0.4) is 0 Å². The first-order chi connectivity index (χ1) is 11.2. The molecule has 0 aromatic carbocycles. The molecule has 0 spiro atoms. The van der Waals surface area contributed by atoms with Crippen molar-refractivity contribution in [2.45, 2.75) is 41.5 Å². The van der Waals surface area contributed by atoms with Crippen molar-refractivity contribution < 1.29 is 70.9 Å². The van der Waals surface area contributed by atoms with Gasteiger partial charge in [0.25, 0.3) is 0 Å². The maximum Gasteiger partial charge on any atom is 1.00 e. The van der Waals surface area contributed by atoms with E-state index in [-0.39, 0.29) is 39.6 Å². The van der Waals surface area contributed by atoms with Gasteiger partial charge in [0.05, 0.1) is 0 Å². The van der Waals surface area contributed by atoms with E-state index in [1.807, 2.05) is 0 Å². The third-order valence-electron chi connectivity index (χ3n) is 2.47. The van der Waals surface area contributed by atoms with Crippen LogP contribution in [-0.2, 0) is 34.1 Å². The van der Waals surface area contributed by atoms with Crippen molar-refractivity contribution in [2.24, 2.45) is 30.9 Å². The quantitative estimate of drug-likeness (QED) is 0.146. The Morgan fingerprint density at radius 1 is 0.407 bits per heavy atom. The minimum Gasteiger partial charge on any atom is -0.412 e. The molecular formula is C12H26Cu2N6O7+. The predicted octanol–water partition coefficient (Wildman–Crippen LogP) is 1.23. The van der Waals surface area contributed by atoms with Gasteiger partial charge in [-0.25, -0.2) is 0 Å². The van der Waals surface area contributed by atoms with Crippen LogP contribution in [0.1, 0.15) is 41.5 Å². The number of hydrogen-bond donors (Lipinski definition) is 6. The zero-order valence-corrected chi connectivity index (χ0v) is 17.4. The molecule has 0 aliphatic rings. The molecule has 0 aromatic heterocycles. The van der Waals surface area contributed by atoms with Crippen LogP contribution in [0.2, 0.25) is 0 Å². The van der Waals surface area contributed by atoms with Gasteiger partial charge in [0.15, 0.2) is 0 Å². The Hall–Kier alpha value is -2.18. The molecule has 0 heterocycles. The van der Waals surface area contributed by atoms with Crippen LogP contribution in [0.5, 0.6) is 0 Å². The molecule has 0 bridgehead atoms. The van der Waals surface area contributed by atoms with Gasteiger partial charge < -0.3 is 36.7 Å². The molecule has 13 nitrogen and oxygen atoms in total. The minimum atomic E-state index is 0. The second-order valence-electron chi connectivity index (χ2n) is 4.11. The number of nitrogens with zero attached hydrogens (tertiary/aromatic N) is 6. The van der Waals surface area contributed by atoms with Crippen molar-refractivity contribution in [1.82, 2.24) is 0 Å². The van der Waals surface area contributed by atoms with Gasteiger partial charge in [-0.05, 0) is 41.5 Å². The van der Waals surface area contributed by atoms with Crippen LogP contribution in [0, 0.1) is 0 Å². The summed E-state index contributed by atoms with van der Waals surface area (Å²) in [6.07, 6.45) is 0. The molecule has 15 heteroatoms. The van der Waals surface area contributed by atoms with E-state index in [1.165, 1.54) is 41.5 Å². The third kappa shape index (κ3) is 23.8. The summed E-state index contributed by atoms with van der Waals surface area (Å²) in [5, 5.41) is 64.9. The van der Waals surface area contributed by atoms with Gasteiger partial charge in [0.1, 0.15) is 34.3 Å². The number of oxime groups is 6. The van der Waals surface area contributed by atoms with E-state index in [9.17, 15) is 0 Å². The smallest absolute Gasteiger partial charge is 0.412 e. The second kappa shape index (κ2) is 26.1. The van der Waals surface area contributed by atoms with E-state index in [0.717, 1.165) is 0 Å². The van der Waals surface area contributed by atoms with Gasteiger partial charge in [0, 0.05) is 17.1 Å². The first kappa shape index (κ1) is 39.8. The molecular weight excluding hydrogens is 467 g/mol. The molecule has 8 N–H and O–H groups in total. The van der Waals surface area contributed by atoms with E-state index in [0.29, 0.717) is 34.3 Å². The normalized spacial score (nSPS) is 12.7.